The van der Waals surface area contributed by atoms with Crippen molar-refractivity contribution < 1.29 is 4.74 Å². The van der Waals surface area contributed by atoms with Crippen molar-refractivity contribution in [3.05, 3.63) is 10.6 Å². The number of nitrogens with two attached hydrogens (primary N) is 1. The maximum absolute atomic E-state index is 5.60. The lowest BCUT2D eigenvalue weighted by atomic mass is 10.1. The first-order valence-corrected chi connectivity index (χ1v) is 3.88. The number of hydrogen-bond acceptors (Lipinski definition) is 4. The Balaban J connectivity index is 3.20. The highest BCUT2D eigenvalue weighted by Crippen LogP contribution is 2.19. The van der Waals surface area contributed by atoms with Crippen molar-refractivity contribution in [1.29, 1.82) is 0 Å². The molecule has 0 unspecified atom stereocenters. The van der Waals surface area contributed by atoms with E-state index in [9.17, 15) is 0 Å². The number of methoxy groups -OCH3 is 1. The topological polar surface area (TPSA) is 68.9 Å². The van der Waals surface area contributed by atoms with E-state index in [0.717, 1.165) is 0 Å². The number of nitrogens with one attached hydrogen (secondary N) is 1. The van der Waals surface area contributed by atoms with E-state index < -0.39 is 5.60 Å². The smallest absolute Gasteiger partial charge is 0.214 e. The van der Waals surface area contributed by atoms with Gasteiger partial charge in [0.15, 0.2) is 5.82 Å². The summed E-state index contributed by atoms with van der Waals surface area (Å²) in [4.78, 5) is 0. The van der Waals surface area contributed by atoms with Gasteiger partial charge in [-0.2, -0.15) is 5.10 Å². The van der Waals surface area contributed by atoms with E-state index in [0.29, 0.717) is 10.6 Å². The monoisotopic (exact) mass is 188 g/mol. The van der Waals surface area contributed by atoms with E-state index in [1.54, 1.807) is 7.11 Å². The van der Waals surface area contributed by atoms with Crippen molar-refractivity contribution in [3.8, 4) is 0 Å². The Morgan fingerprint density at radius 2 is 2.25 bits per heavy atom. The number of H-pyrrole nitrogens is 1. The Bertz CT molecular complexity index is 327. The maximum atomic E-state index is 5.60. The van der Waals surface area contributed by atoms with Crippen LogP contribution in [0.4, 0.5) is 0 Å². The van der Waals surface area contributed by atoms with Crippen molar-refractivity contribution in [1.82, 2.24) is 14.9 Å². The lowest BCUT2D eigenvalue weighted by molar-refractivity contribution is 0.00943. The van der Waals surface area contributed by atoms with Crippen molar-refractivity contribution in [2.45, 2.75) is 19.4 Å². The first-order valence-electron chi connectivity index (χ1n) is 3.47. The first-order chi connectivity index (χ1) is 5.49. The third kappa shape index (κ3) is 1.35. The molecule has 0 saturated carbocycles. The quantitative estimate of drug-likeness (QED) is 0.525. The molecular weight excluding hydrogens is 176 g/mol. The van der Waals surface area contributed by atoms with Gasteiger partial charge in [-0.05, 0) is 26.1 Å². The van der Waals surface area contributed by atoms with Gasteiger partial charge in [-0.15, -0.1) is 0 Å². The Morgan fingerprint density at radius 1 is 1.67 bits per heavy atom. The summed E-state index contributed by atoms with van der Waals surface area (Å²) in [6.45, 7) is 3.72. The molecule has 3 N–H and O–H groups in total. The van der Waals surface area contributed by atoms with Crippen molar-refractivity contribution in [3.63, 3.8) is 0 Å². The van der Waals surface area contributed by atoms with E-state index in [1.165, 1.54) is 4.68 Å². The molecule has 1 rings (SSSR count). The fourth-order valence-corrected chi connectivity index (χ4v) is 0.953. The second kappa shape index (κ2) is 2.87. The van der Waals surface area contributed by atoms with Gasteiger partial charge in [0, 0.05) is 7.11 Å². The van der Waals surface area contributed by atoms with Crippen molar-refractivity contribution in [2.75, 3.05) is 13.0 Å². The summed E-state index contributed by atoms with van der Waals surface area (Å²) in [7, 11) is 1.59. The molecule has 12 heavy (non-hydrogen) atoms. The summed E-state index contributed by atoms with van der Waals surface area (Å²) >= 11 is 4.86. The van der Waals surface area contributed by atoms with Crippen LogP contribution in [0.5, 0.6) is 0 Å². The van der Waals surface area contributed by atoms with Gasteiger partial charge in [0.25, 0.3) is 0 Å². The van der Waals surface area contributed by atoms with Crippen LogP contribution >= 0.6 is 12.2 Å². The van der Waals surface area contributed by atoms with Gasteiger partial charge in [-0.3, -0.25) is 5.10 Å². The second-order valence-corrected chi connectivity index (χ2v) is 3.32. The molecule has 0 aliphatic heterocycles. The number of ether oxygens (including phenoxy) is 1. The van der Waals surface area contributed by atoms with Crippen LogP contribution in [0.15, 0.2) is 0 Å². The van der Waals surface area contributed by atoms with Crippen LogP contribution in [-0.2, 0) is 10.3 Å². The van der Waals surface area contributed by atoms with E-state index in [1.807, 2.05) is 13.8 Å². The lowest BCUT2D eigenvalue weighted by Crippen LogP contribution is -2.28. The Labute approximate surface area is 75.5 Å². The van der Waals surface area contributed by atoms with E-state index in [-0.39, 0.29) is 0 Å². The zero-order valence-corrected chi connectivity index (χ0v) is 8.10. The molecule has 0 aromatic carbocycles. The minimum atomic E-state index is -0.525. The molecule has 0 aliphatic carbocycles. The minimum absolute atomic E-state index is 0.384. The van der Waals surface area contributed by atoms with Crippen LogP contribution in [0, 0.1) is 4.77 Å². The van der Waals surface area contributed by atoms with Gasteiger partial charge >= 0.3 is 0 Å². The van der Waals surface area contributed by atoms with Crippen LogP contribution in [0.3, 0.4) is 0 Å². The van der Waals surface area contributed by atoms with Gasteiger partial charge < -0.3 is 10.6 Å². The molecule has 0 aliphatic rings. The third-order valence-corrected chi connectivity index (χ3v) is 2.04. The van der Waals surface area contributed by atoms with E-state index >= 15 is 0 Å². The Hall–Kier alpha value is -0.880. The fraction of sp³-hybridized carbons (Fsp3) is 0.667. The largest absolute Gasteiger partial charge is 0.371 e. The standard InChI is InChI=1S/C6H12N4OS/c1-6(2,11-3)4-8-9-5(12)10(4)7/h7H2,1-3H3,(H,9,12). The van der Waals surface area contributed by atoms with Crippen molar-refractivity contribution in [2.24, 2.45) is 0 Å². The normalized spacial score (nSPS) is 11.9. The van der Waals surface area contributed by atoms with Gasteiger partial charge in [0.2, 0.25) is 4.77 Å². The zero-order chi connectivity index (χ0) is 9.35. The predicted octanol–water partition coefficient (Wildman–Crippen LogP) is 0.536. The van der Waals surface area contributed by atoms with Crippen LogP contribution in [0.25, 0.3) is 0 Å². The second-order valence-electron chi connectivity index (χ2n) is 2.94. The fourth-order valence-electron chi connectivity index (χ4n) is 0.821. The molecule has 0 bridgehead atoms. The van der Waals surface area contributed by atoms with Crippen LogP contribution in [-0.4, -0.2) is 22.0 Å². The van der Waals surface area contributed by atoms with Gasteiger partial charge in [0.1, 0.15) is 5.60 Å². The predicted molar refractivity (Wildman–Crippen MR) is 47.6 cm³/mol. The summed E-state index contributed by atoms with van der Waals surface area (Å²) in [6.07, 6.45) is 0. The SMILES string of the molecule is COC(C)(C)c1n[nH]c(=S)n1N. The van der Waals surface area contributed by atoms with Crippen molar-refractivity contribution >= 4 is 12.2 Å². The van der Waals surface area contributed by atoms with E-state index in [2.05, 4.69) is 10.2 Å². The average Bonchev–Trinajstić information content (AvgIpc) is 2.33. The number of nitrogen functional groups attached to an aromatic ring is 1. The molecule has 0 saturated heterocycles. The first kappa shape index (κ1) is 9.21. The number of hydrogen-bond donors (Lipinski definition) is 2. The van der Waals surface area contributed by atoms with Crippen LogP contribution in [0.1, 0.15) is 19.7 Å². The summed E-state index contributed by atoms with van der Waals surface area (Å²) in [5.74, 6) is 6.18. The summed E-state index contributed by atoms with van der Waals surface area (Å²) in [6, 6.07) is 0. The highest BCUT2D eigenvalue weighted by Gasteiger charge is 2.25. The Morgan fingerprint density at radius 3 is 2.58 bits per heavy atom. The lowest BCUT2D eigenvalue weighted by Gasteiger charge is -2.20. The molecule has 5 nitrogen and oxygen atoms in total. The van der Waals surface area contributed by atoms with E-state index in [4.69, 9.17) is 22.8 Å². The molecule has 1 aromatic heterocycles. The number of aromatic nitrogens is 3. The zero-order valence-electron chi connectivity index (χ0n) is 7.29. The number of nitrogens with zero attached hydrogens (tertiary/aromatic N) is 2. The molecule has 6 heteroatoms. The third-order valence-electron chi connectivity index (χ3n) is 1.75. The highest BCUT2D eigenvalue weighted by atomic mass is 32.1. The number of rotatable bonds is 2. The van der Waals surface area contributed by atoms with Gasteiger partial charge in [-0.1, -0.05) is 0 Å². The van der Waals surface area contributed by atoms with Gasteiger partial charge in [0.05, 0.1) is 0 Å². The molecule has 0 atom stereocenters. The summed E-state index contributed by atoms with van der Waals surface area (Å²) in [5.41, 5.74) is -0.525. The molecule has 0 amide bonds. The van der Waals surface area contributed by atoms with Crippen LogP contribution < -0.4 is 5.84 Å². The highest BCUT2D eigenvalue weighted by molar-refractivity contribution is 7.71. The van der Waals surface area contributed by atoms with Crippen LogP contribution in [0.2, 0.25) is 0 Å². The summed E-state index contributed by atoms with van der Waals surface area (Å²) < 4.78 is 6.88. The number of aromatic amines is 1. The maximum Gasteiger partial charge on any atom is 0.214 e. The minimum Gasteiger partial charge on any atom is -0.371 e. The molecular formula is C6H12N4OS. The molecule has 0 spiro atoms. The molecule has 1 heterocycles. The average molecular weight is 188 g/mol. The molecule has 68 valence electrons. The Kier molecular flexibility index (Phi) is 2.20. The molecule has 0 fully saturated rings. The molecule has 0 radical (unpaired) electrons. The molecule has 1 aromatic rings. The van der Waals surface area contributed by atoms with Gasteiger partial charge in [-0.25, -0.2) is 4.68 Å². The summed E-state index contributed by atoms with van der Waals surface area (Å²) in [5, 5.41) is 6.54.